The fourth-order valence-electron chi connectivity index (χ4n) is 4.42. The average Bonchev–Trinajstić information content (AvgIpc) is 2.95. The van der Waals surface area contributed by atoms with Crippen LogP contribution in [0.1, 0.15) is 56.4 Å². The van der Waals surface area contributed by atoms with Gasteiger partial charge in [-0.15, -0.1) is 0 Å². The molecule has 0 fully saturated rings. The van der Waals surface area contributed by atoms with Gasteiger partial charge in [-0.1, -0.05) is 74.0 Å². The molecule has 3 aromatic rings. The van der Waals surface area contributed by atoms with E-state index in [2.05, 4.69) is 5.32 Å². The topological polar surface area (TPSA) is 86.8 Å². The fraction of sp³-hybridized carbons (Fsp3) is 0.375. The summed E-state index contributed by atoms with van der Waals surface area (Å²) >= 11 is 0. The number of nitrogens with one attached hydrogen (secondary N) is 1. The van der Waals surface area contributed by atoms with E-state index in [1.165, 1.54) is 9.21 Å². The Kier molecular flexibility index (Phi) is 10.5. The minimum absolute atomic E-state index is 0.0554. The fourth-order valence-corrected chi connectivity index (χ4v) is 5.88. The second-order valence-corrected chi connectivity index (χ2v) is 12.1. The Labute approximate surface area is 239 Å². The molecule has 0 radical (unpaired) electrons. The Morgan fingerprint density at radius 2 is 1.45 bits per heavy atom. The summed E-state index contributed by atoms with van der Waals surface area (Å²) < 4.78 is 29.3. The largest absolute Gasteiger partial charge is 0.352 e. The monoisotopic (exact) mass is 563 g/mol. The van der Waals surface area contributed by atoms with Gasteiger partial charge in [0.05, 0.1) is 10.6 Å². The summed E-state index contributed by atoms with van der Waals surface area (Å²) in [5.74, 6) is -0.741. The van der Waals surface area contributed by atoms with Crippen LogP contribution in [-0.2, 0) is 32.6 Å². The molecule has 0 spiro atoms. The number of rotatable bonds is 12. The van der Waals surface area contributed by atoms with Gasteiger partial charge in [-0.2, -0.15) is 0 Å². The van der Waals surface area contributed by atoms with E-state index < -0.39 is 28.5 Å². The first kappa shape index (κ1) is 30.9. The van der Waals surface area contributed by atoms with Crippen LogP contribution >= 0.6 is 0 Å². The van der Waals surface area contributed by atoms with Crippen LogP contribution in [0, 0.1) is 13.8 Å². The van der Waals surface area contributed by atoms with Gasteiger partial charge in [-0.05, 0) is 75.4 Å². The molecule has 8 heteroatoms. The average molecular weight is 564 g/mol. The zero-order valence-electron chi connectivity index (χ0n) is 24.3. The van der Waals surface area contributed by atoms with Crippen LogP contribution in [0.2, 0.25) is 0 Å². The maximum Gasteiger partial charge on any atom is 0.264 e. The molecule has 2 amide bonds. The lowest BCUT2D eigenvalue weighted by Crippen LogP contribution is -2.52. The molecule has 3 aromatic carbocycles. The van der Waals surface area contributed by atoms with Crippen LogP contribution in [0.4, 0.5) is 5.69 Å². The second-order valence-electron chi connectivity index (χ2n) is 10.2. The molecule has 2 atom stereocenters. The van der Waals surface area contributed by atoms with Crippen molar-refractivity contribution in [2.24, 2.45) is 0 Å². The number of amides is 2. The van der Waals surface area contributed by atoms with Gasteiger partial charge < -0.3 is 10.2 Å². The number of nitrogens with zero attached hydrogens (tertiary/aromatic N) is 2. The number of para-hydroxylation sites is 1. The van der Waals surface area contributed by atoms with Crippen molar-refractivity contribution in [3.63, 3.8) is 0 Å². The first-order valence-corrected chi connectivity index (χ1v) is 15.2. The third-order valence-electron chi connectivity index (χ3n) is 7.30. The highest BCUT2D eigenvalue weighted by Gasteiger charge is 2.33. The number of carbonyl (C=O) groups excluding carboxylic acids is 2. The first-order valence-electron chi connectivity index (χ1n) is 13.8. The molecule has 0 aromatic heterocycles. The number of hydrogen-bond acceptors (Lipinski definition) is 4. The van der Waals surface area contributed by atoms with E-state index in [-0.39, 0.29) is 23.4 Å². The van der Waals surface area contributed by atoms with Crippen molar-refractivity contribution in [3.05, 3.63) is 95.1 Å². The van der Waals surface area contributed by atoms with Crippen LogP contribution in [0.25, 0.3) is 0 Å². The summed E-state index contributed by atoms with van der Waals surface area (Å²) in [7, 11) is -4.10. The maximum atomic E-state index is 14.1. The Morgan fingerprint density at radius 1 is 0.850 bits per heavy atom. The molecule has 1 N–H and O–H groups in total. The molecule has 0 aliphatic carbocycles. The van der Waals surface area contributed by atoms with Gasteiger partial charge >= 0.3 is 0 Å². The molecule has 0 aliphatic heterocycles. The summed E-state index contributed by atoms with van der Waals surface area (Å²) in [6.07, 6.45) is 1.34. The predicted octanol–water partition coefficient (Wildman–Crippen LogP) is 5.39. The SMILES string of the molecule is CCc1ccccc1N(CC(=O)N(Cc1ccccc1C)[C@@H](C)C(=O)N[C@H](C)CC)S(=O)(=O)c1ccc(C)cc1. The standard InChI is InChI=1S/C32H41N3O4S/c1-7-25(5)33-32(37)26(6)34(21-28-15-10-9-13-24(28)4)31(36)22-35(30-16-12-11-14-27(30)8-2)40(38,39)29-19-17-23(3)18-20-29/h9-20,25-26H,7-8,21-22H2,1-6H3,(H,33,37)/t25-,26+/m1/s1. The molecule has 0 bridgehead atoms. The Morgan fingerprint density at radius 3 is 2.05 bits per heavy atom. The molecule has 0 heterocycles. The van der Waals surface area contributed by atoms with Gasteiger partial charge in [0.2, 0.25) is 11.8 Å². The lowest BCUT2D eigenvalue weighted by atomic mass is 10.1. The molecule has 0 aliphatic rings. The highest BCUT2D eigenvalue weighted by atomic mass is 32.2. The number of aryl methyl sites for hydroxylation is 3. The van der Waals surface area contributed by atoms with Crippen LogP contribution in [0.3, 0.4) is 0 Å². The van der Waals surface area contributed by atoms with Gasteiger partial charge in [0.25, 0.3) is 10.0 Å². The molecule has 0 saturated carbocycles. The van der Waals surface area contributed by atoms with Crippen molar-refractivity contribution in [2.45, 2.75) is 77.9 Å². The summed E-state index contributed by atoms with van der Waals surface area (Å²) in [5, 5.41) is 2.97. The van der Waals surface area contributed by atoms with Crippen LogP contribution in [0.15, 0.2) is 77.7 Å². The van der Waals surface area contributed by atoms with E-state index >= 15 is 0 Å². The molecular formula is C32H41N3O4S. The highest BCUT2D eigenvalue weighted by molar-refractivity contribution is 7.92. The quantitative estimate of drug-likeness (QED) is 0.320. The van der Waals surface area contributed by atoms with Crippen LogP contribution in [0.5, 0.6) is 0 Å². The minimum atomic E-state index is -4.10. The van der Waals surface area contributed by atoms with Crippen molar-refractivity contribution < 1.29 is 18.0 Å². The van der Waals surface area contributed by atoms with E-state index in [1.54, 1.807) is 43.3 Å². The number of carbonyl (C=O) groups is 2. The molecule has 0 saturated heterocycles. The highest BCUT2D eigenvalue weighted by Crippen LogP contribution is 2.28. The molecule has 7 nitrogen and oxygen atoms in total. The van der Waals surface area contributed by atoms with E-state index in [4.69, 9.17) is 0 Å². The Bertz CT molecular complexity index is 1420. The van der Waals surface area contributed by atoms with Crippen LogP contribution < -0.4 is 9.62 Å². The normalized spacial score (nSPS) is 12.8. The molecule has 3 rings (SSSR count). The zero-order valence-corrected chi connectivity index (χ0v) is 25.2. The van der Waals surface area contributed by atoms with E-state index in [1.807, 2.05) is 71.0 Å². The summed E-state index contributed by atoms with van der Waals surface area (Å²) in [4.78, 5) is 28.9. The lowest BCUT2D eigenvalue weighted by Gasteiger charge is -2.33. The summed E-state index contributed by atoms with van der Waals surface area (Å²) in [6.45, 7) is 11.1. The van der Waals surface area contributed by atoms with Gasteiger partial charge in [-0.3, -0.25) is 13.9 Å². The maximum absolute atomic E-state index is 14.1. The summed E-state index contributed by atoms with van der Waals surface area (Å²) in [6, 6.07) is 20.6. The van der Waals surface area contributed by atoms with Gasteiger partial charge in [0.1, 0.15) is 12.6 Å². The summed E-state index contributed by atoms with van der Waals surface area (Å²) in [5.41, 5.74) is 4.06. The van der Waals surface area contributed by atoms with E-state index in [0.717, 1.165) is 28.7 Å². The van der Waals surface area contributed by atoms with Crippen molar-refractivity contribution in [3.8, 4) is 0 Å². The van der Waals surface area contributed by atoms with E-state index in [0.29, 0.717) is 12.1 Å². The number of anilines is 1. The molecular weight excluding hydrogens is 522 g/mol. The van der Waals surface area contributed by atoms with Crippen molar-refractivity contribution >= 4 is 27.5 Å². The first-order chi connectivity index (χ1) is 19.0. The number of benzene rings is 3. The second kappa shape index (κ2) is 13.6. The smallest absolute Gasteiger partial charge is 0.264 e. The lowest BCUT2D eigenvalue weighted by molar-refractivity contribution is -0.139. The molecule has 40 heavy (non-hydrogen) atoms. The Balaban J connectivity index is 2.07. The molecule has 214 valence electrons. The van der Waals surface area contributed by atoms with Gasteiger partial charge in [0.15, 0.2) is 0 Å². The third kappa shape index (κ3) is 7.30. The van der Waals surface area contributed by atoms with Crippen molar-refractivity contribution in [1.29, 1.82) is 0 Å². The number of hydrogen-bond donors (Lipinski definition) is 1. The third-order valence-corrected chi connectivity index (χ3v) is 9.07. The minimum Gasteiger partial charge on any atom is -0.352 e. The van der Waals surface area contributed by atoms with Gasteiger partial charge in [-0.25, -0.2) is 8.42 Å². The predicted molar refractivity (Wildman–Crippen MR) is 161 cm³/mol. The van der Waals surface area contributed by atoms with Crippen molar-refractivity contribution in [1.82, 2.24) is 10.2 Å². The van der Waals surface area contributed by atoms with Crippen molar-refractivity contribution in [2.75, 3.05) is 10.8 Å². The number of sulfonamides is 1. The van der Waals surface area contributed by atoms with Gasteiger partial charge in [0, 0.05) is 12.6 Å². The molecule has 0 unspecified atom stereocenters. The van der Waals surface area contributed by atoms with Crippen LogP contribution in [-0.4, -0.2) is 43.8 Å². The zero-order chi connectivity index (χ0) is 29.4. The van der Waals surface area contributed by atoms with E-state index in [9.17, 15) is 18.0 Å². The Hall–Kier alpha value is -3.65.